The molecule has 0 bridgehead atoms. The summed E-state index contributed by atoms with van der Waals surface area (Å²) in [4.78, 5) is 12.5. The summed E-state index contributed by atoms with van der Waals surface area (Å²) in [6, 6.07) is 18.7. The number of carbonyl (C=O) groups is 1. The molecule has 0 aliphatic rings. The molecular weight excluding hydrogens is 469 g/mol. The van der Waals surface area contributed by atoms with Crippen LogP contribution in [0.3, 0.4) is 0 Å². The van der Waals surface area contributed by atoms with Gasteiger partial charge in [0, 0.05) is 11.3 Å². The molecule has 0 atom stereocenters. The molecule has 0 aliphatic carbocycles. The van der Waals surface area contributed by atoms with E-state index in [-0.39, 0.29) is 32.7 Å². The second-order valence-electron chi connectivity index (χ2n) is 6.56. The number of nitrogens with one attached hydrogen (secondary N) is 1. The fraction of sp³-hybridized carbons (Fsp3) is 0.0435. The van der Waals surface area contributed by atoms with E-state index >= 15 is 0 Å². The lowest BCUT2D eigenvalue weighted by Crippen LogP contribution is -2.32. The fourth-order valence-corrected chi connectivity index (χ4v) is 5.14. The molecule has 3 aromatic rings. The van der Waals surface area contributed by atoms with Crippen LogP contribution in [0, 0.1) is 11.3 Å². The quantitative estimate of drug-likeness (QED) is 0.447. The number of carbonyl (C=O) groups excluding carboxylic acids is 1. The summed E-state index contributed by atoms with van der Waals surface area (Å²) in [6.45, 7) is 3.57. The van der Waals surface area contributed by atoms with Crippen LogP contribution in [0.5, 0.6) is 0 Å². The number of nitriles is 1. The van der Waals surface area contributed by atoms with Crippen molar-refractivity contribution in [2.75, 3.05) is 16.2 Å². The Kier molecular flexibility index (Phi) is 7.21. The zero-order valence-corrected chi connectivity index (χ0v) is 19.0. The lowest BCUT2D eigenvalue weighted by atomic mass is 10.2. The molecule has 0 unspecified atom stereocenters. The summed E-state index contributed by atoms with van der Waals surface area (Å²) in [5.74, 6) is -0.532. The molecule has 0 radical (unpaired) electrons. The summed E-state index contributed by atoms with van der Waals surface area (Å²) in [7, 11) is -4.18. The van der Waals surface area contributed by atoms with Crippen LogP contribution in [-0.2, 0) is 10.0 Å². The maximum atomic E-state index is 13.5. The highest BCUT2D eigenvalue weighted by molar-refractivity contribution is 7.93. The van der Waals surface area contributed by atoms with E-state index < -0.39 is 15.9 Å². The van der Waals surface area contributed by atoms with Crippen molar-refractivity contribution in [3.05, 3.63) is 101 Å². The average molecular weight is 486 g/mol. The van der Waals surface area contributed by atoms with Gasteiger partial charge in [0.15, 0.2) is 0 Å². The van der Waals surface area contributed by atoms with Gasteiger partial charge in [-0.15, -0.1) is 6.58 Å². The molecular formula is C23H17Cl2N3O3S. The highest BCUT2D eigenvalue weighted by Crippen LogP contribution is 2.33. The van der Waals surface area contributed by atoms with Gasteiger partial charge in [-0.1, -0.05) is 41.4 Å². The molecule has 3 rings (SSSR count). The van der Waals surface area contributed by atoms with E-state index in [2.05, 4.69) is 11.9 Å². The number of amides is 1. The first-order valence-electron chi connectivity index (χ1n) is 9.27. The van der Waals surface area contributed by atoms with E-state index in [9.17, 15) is 13.2 Å². The Hall–Kier alpha value is -3.31. The van der Waals surface area contributed by atoms with Crippen molar-refractivity contribution in [1.82, 2.24) is 0 Å². The summed E-state index contributed by atoms with van der Waals surface area (Å²) >= 11 is 12.4. The van der Waals surface area contributed by atoms with Gasteiger partial charge >= 0.3 is 0 Å². The Bertz CT molecular complexity index is 1320. The van der Waals surface area contributed by atoms with Crippen LogP contribution in [0.25, 0.3) is 0 Å². The van der Waals surface area contributed by atoms with Gasteiger partial charge in [-0.2, -0.15) is 5.26 Å². The van der Waals surface area contributed by atoms with E-state index in [1.807, 2.05) is 6.07 Å². The van der Waals surface area contributed by atoms with Gasteiger partial charge in [0.1, 0.15) is 4.90 Å². The zero-order valence-electron chi connectivity index (χ0n) is 16.6. The lowest BCUT2D eigenvalue weighted by Gasteiger charge is -2.24. The van der Waals surface area contributed by atoms with Gasteiger partial charge in [-0.05, 0) is 54.6 Å². The van der Waals surface area contributed by atoms with Crippen molar-refractivity contribution < 1.29 is 13.2 Å². The van der Waals surface area contributed by atoms with Crippen molar-refractivity contribution >= 4 is 50.5 Å². The van der Waals surface area contributed by atoms with Crippen LogP contribution < -0.4 is 9.62 Å². The van der Waals surface area contributed by atoms with Crippen molar-refractivity contribution in [2.45, 2.75) is 4.90 Å². The van der Waals surface area contributed by atoms with E-state index in [1.54, 1.807) is 48.5 Å². The first-order valence-corrected chi connectivity index (χ1v) is 11.5. The minimum atomic E-state index is -4.18. The Morgan fingerprint density at radius 3 is 2.38 bits per heavy atom. The first-order chi connectivity index (χ1) is 15.3. The third kappa shape index (κ3) is 4.94. The molecule has 0 saturated heterocycles. The molecule has 1 amide bonds. The molecule has 0 fully saturated rings. The number of benzene rings is 3. The Labute approximate surface area is 196 Å². The van der Waals surface area contributed by atoms with Gasteiger partial charge < -0.3 is 5.32 Å². The first kappa shape index (κ1) is 23.4. The number of nitrogens with zero attached hydrogens (tertiary/aromatic N) is 2. The number of rotatable bonds is 7. The third-order valence-electron chi connectivity index (χ3n) is 4.45. The van der Waals surface area contributed by atoms with Crippen molar-refractivity contribution in [3.8, 4) is 6.07 Å². The molecule has 6 nitrogen and oxygen atoms in total. The highest BCUT2D eigenvalue weighted by atomic mass is 35.5. The van der Waals surface area contributed by atoms with E-state index in [0.717, 1.165) is 4.31 Å². The Morgan fingerprint density at radius 2 is 1.75 bits per heavy atom. The summed E-state index contributed by atoms with van der Waals surface area (Å²) in [6.07, 6.45) is 1.43. The predicted molar refractivity (Wildman–Crippen MR) is 127 cm³/mol. The number of halogens is 2. The minimum Gasteiger partial charge on any atom is -0.322 e. The smallest absolute Gasteiger partial charge is 0.266 e. The van der Waals surface area contributed by atoms with Crippen molar-refractivity contribution in [2.24, 2.45) is 0 Å². The molecule has 0 saturated carbocycles. The fourth-order valence-electron chi connectivity index (χ4n) is 2.89. The summed E-state index contributed by atoms with van der Waals surface area (Å²) < 4.78 is 28.0. The largest absolute Gasteiger partial charge is 0.322 e. The van der Waals surface area contributed by atoms with Crippen LogP contribution in [0.15, 0.2) is 84.3 Å². The van der Waals surface area contributed by atoms with Gasteiger partial charge in [0.05, 0.1) is 33.9 Å². The highest BCUT2D eigenvalue weighted by Gasteiger charge is 2.28. The van der Waals surface area contributed by atoms with E-state index in [4.69, 9.17) is 28.5 Å². The molecule has 0 spiro atoms. The zero-order chi connectivity index (χ0) is 23.3. The molecule has 32 heavy (non-hydrogen) atoms. The van der Waals surface area contributed by atoms with Crippen LogP contribution in [-0.4, -0.2) is 20.9 Å². The van der Waals surface area contributed by atoms with Gasteiger partial charge in [-0.25, -0.2) is 8.42 Å². The van der Waals surface area contributed by atoms with Gasteiger partial charge in [0.2, 0.25) is 0 Å². The number of anilines is 2. The van der Waals surface area contributed by atoms with Crippen LogP contribution in [0.1, 0.15) is 15.9 Å². The Morgan fingerprint density at radius 1 is 1.06 bits per heavy atom. The van der Waals surface area contributed by atoms with Crippen LogP contribution in [0.4, 0.5) is 11.4 Å². The van der Waals surface area contributed by atoms with Gasteiger partial charge in [-0.3, -0.25) is 9.10 Å². The maximum Gasteiger partial charge on any atom is 0.266 e. The number of sulfonamides is 1. The SMILES string of the molecule is C=CCN(c1ccccc1Cl)S(=O)(=O)c1cc(C(=O)Nc2ccc(C#N)cc2)ccc1Cl. The molecule has 0 aliphatic heterocycles. The molecule has 3 aromatic carbocycles. The maximum absolute atomic E-state index is 13.5. The molecule has 9 heteroatoms. The molecule has 0 aromatic heterocycles. The van der Waals surface area contributed by atoms with Crippen LogP contribution >= 0.6 is 23.2 Å². The van der Waals surface area contributed by atoms with Crippen molar-refractivity contribution in [1.29, 1.82) is 5.26 Å². The minimum absolute atomic E-state index is 0.0407. The number of para-hydroxylation sites is 1. The normalized spacial score (nSPS) is 10.8. The lowest BCUT2D eigenvalue weighted by molar-refractivity contribution is 0.102. The van der Waals surface area contributed by atoms with Crippen LogP contribution in [0.2, 0.25) is 10.0 Å². The number of hydrogen-bond acceptors (Lipinski definition) is 4. The number of hydrogen-bond donors (Lipinski definition) is 1. The van der Waals surface area contributed by atoms with Gasteiger partial charge in [0.25, 0.3) is 15.9 Å². The summed E-state index contributed by atoms with van der Waals surface area (Å²) in [5.41, 5.74) is 1.26. The second kappa shape index (κ2) is 9.88. The van der Waals surface area contributed by atoms with E-state index in [0.29, 0.717) is 11.3 Å². The monoisotopic (exact) mass is 485 g/mol. The third-order valence-corrected chi connectivity index (χ3v) is 7.03. The average Bonchev–Trinajstić information content (AvgIpc) is 2.78. The van der Waals surface area contributed by atoms with E-state index in [1.165, 1.54) is 24.3 Å². The molecule has 0 heterocycles. The van der Waals surface area contributed by atoms with Crippen molar-refractivity contribution in [3.63, 3.8) is 0 Å². The Balaban J connectivity index is 1.99. The summed E-state index contributed by atoms with van der Waals surface area (Å²) in [5, 5.41) is 11.7. The topological polar surface area (TPSA) is 90.3 Å². The molecule has 1 N–H and O–H groups in total. The standard InChI is InChI=1S/C23H17Cl2N3O3S/c1-2-13-28(21-6-4-3-5-19(21)24)32(30,31)22-14-17(9-12-20(22)25)23(29)27-18-10-7-16(15-26)8-11-18/h2-12,14H,1,13H2,(H,27,29). The second-order valence-corrected chi connectivity index (χ2v) is 9.21. The predicted octanol–water partition coefficient (Wildman–Crippen LogP) is 5.50. The molecule has 162 valence electrons.